The van der Waals surface area contributed by atoms with Crippen LogP contribution in [0.5, 0.6) is 0 Å². The molecule has 0 saturated heterocycles. The highest BCUT2D eigenvalue weighted by Crippen LogP contribution is 2.29. The summed E-state index contributed by atoms with van der Waals surface area (Å²) in [4.78, 5) is 39.9. The zero-order valence-corrected chi connectivity index (χ0v) is 24.1. The van der Waals surface area contributed by atoms with Crippen LogP contribution in [0.4, 0.5) is 10.8 Å². The maximum Gasteiger partial charge on any atom is 0.272 e. The Hall–Kier alpha value is -3.99. The standard InChI is InChI=1S/C29H26ClN5O3S2/c1-3-25(28(38)33-29-35-34-18(2)39-29)40-22-14-9-13-21(17-22)31-27(37)24(16-20-12-7-8-15-23(20)30)32-26(36)19-10-5-4-6-11-19/h4-17,25H,3H2,1-2H3,(H,31,37)(H,32,36)(H,33,35,38)/b24-16+. The normalized spacial score (nSPS) is 11.9. The largest absolute Gasteiger partial charge is 0.321 e. The number of aryl methyl sites for hydroxylation is 1. The van der Waals surface area contributed by atoms with Crippen molar-refractivity contribution in [1.29, 1.82) is 0 Å². The average molecular weight is 592 g/mol. The van der Waals surface area contributed by atoms with E-state index in [9.17, 15) is 14.4 Å². The molecule has 3 amide bonds. The molecule has 4 aromatic rings. The third-order valence-electron chi connectivity index (χ3n) is 5.52. The molecular weight excluding hydrogens is 566 g/mol. The van der Waals surface area contributed by atoms with E-state index in [4.69, 9.17) is 11.6 Å². The Bertz CT molecular complexity index is 1540. The molecule has 4 rings (SSSR count). The Kier molecular flexibility index (Phi) is 10.1. The molecule has 0 spiro atoms. The number of benzene rings is 3. The number of halogens is 1. The second kappa shape index (κ2) is 13.9. The molecule has 0 aliphatic carbocycles. The number of rotatable bonds is 10. The van der Waals surface area contributed by atoms with Gasteiger partial charge in [-0.05, 0) is 61.4 Å². The molecule has 0 aliphatic heterocycles. The molecule has 1 unspecified atom stereocenters. The highest BCUT2D eigenvalue weighted by Gasteiger charge is 2.20. The summed E-state index contributed by atoms with van der Waals surface area (Å²) in [6.45, 7) is 3.75. The fourth-order valence-electron chi connectivity index (χ4n) is 3.56. The van der Waals surface area contributed by atoms with Crippen molar-refractivity contribution >= 4 is 69.3 Å². The number of nitrogens with zero attached hydrogens (tertiary/aromatic N) is 2. The van der Waals surface area contributed by atoms with Crippen LogP contribution in [0.1, 0.15) is 34.3 Å². The lowest BCUT2D eigenvalue weighted by atomic mass is 10.1. The number of amides is 3. The van der Waals surface area contributed by atoms with Gasteiger partial charge in [-0.3, -0.25) is 19.7 Å². The summed E-state index contributed by atoms with van der Waals surface area (Å²) in [5, 5.41) is 17.5. The van der Waals surface area contributed by atoms with E-state index in [0.29, 0.717) is 33.4 Å². The molecule has 3 aromatic carbocycles. The average Bonchev–Trinajstić information content (AvgIpc) is 3.37. The van der Waals surface area contributed by atoms with E-state index in [1.807, 2.05) is 19.9 Å². The lowest BCUT2D eigenvalue weighted by Crippen LogP contribution is -2.30. The van der Waals surface area contributed by atoms with Crippen LogP contribution in [-0.2, 0) is 9.59 Å². The summed E-state index contributed by atoms with van der Waals surface area (Å²) < 4.78 is 0. The van der Waals surface area contributed by atoms with Crippen LogP contribution in [0.25, 0.3) is 6.08 Å². The summed E-state index contributed by atoms with van der Waals surface area (Å²) in [6.07, 6.45) is 2.12. The molecule has 0 saturated carbocycles. The second-order valence-corrected chi connectivity index (χ2v) is 11.4. The molecule has 0 radical (unpaired) electrons. The van der Waals surface area contributed by atoms with Crippen LogP contribution in [0, 0.1) is 6.92 Å². The van der Waals surface area contributed by atoms with Gasteiger partial charge in [-0.15, -0.1) is 22.0 Å². The van der Waals surface area contributed by atoms with Crippen LogP contribution in [0.15, 0.2) is 89.5 Å². The quantitative estimate of drug-likeness (QED) is 0.145. The zero-order chi connectivity index (χ0) is 28.5. The Labute approximate surface area is 245 Å². The molecule has 1 aromatic heterocycles. The molecule has 204 valence electrons. The summed E-state index contributed by atoms with van der Waals surface area (Å²) in [5.74, 6) is -1.13. The Morgan fingerprint density at radius 3 is 2.42 bits per heavy atom. The first-order chi connectivity index (χ1) is 19.3. The van der Waals surface area contributed by atoms with E-state index < -0.39 is 11.8 Å². The van der Waals surface area contributed by atoms with Crippen molar-refractivity contribution in [3.63, 3.8) is 0 Å². The number of hydrogen-bond donors (Lipinski definition) is 3. The second-order valence-electron chi connectivity index (χ2n) is 8.51. The molecule has 1 atom stereocenters. The van der Waals surface area contributed by atoms with Gasteiger partial charge >= 0.3 is 0 Å². The smallest absolute Gasteiger partial charge is 0.272 e. The summed E-state index contributed by atoms with van der Waals surface area (Å²) in [6, 6.07) is 22.8. The predicted octanol–water partition coefficient (Wildman–Crippen LogP) is 6.42. The van der Waals surface area contributed by atoms with Gasteiger partial charge in [0.05, 0.1) is 5.25 Å². The van der Waals surface area contributed by atoms with Crippen molar-refractivity contribution in [2.75, 3.05) is 10.6 Å². The molecule has 1 heterocycles. The van der Waals surface area contributed by atoms with Crippen molar-refractivity contribution in [1.82, 2.24) is 15.5 Å². The Balaban J connectivity index is 1.51. The molecule has 8 nitrogen and oxygen atoms in total. The number of thioether (sulfide) groups is 1. The third-order valence-corrected chi connectivity index (χ3v) is 7.98. The van der Waals surface area contributed by atoms with Crippen LogP contribution in [0.3, 0.4) is 0 Å². The van der Waals surface area contributed by atoms with Gasteiger partial charge < -0.3 is 10.6 Å². The maximum absolute atomic E-state index is 13.4. The third kappa shape index (κ3) is 8.01. The minimum absolute atomic E-state index is 0.0261. The van der Waals surface area contributed by atoms with Crippen LogP contribution < -0.4 is 16.0 Å². The number of aromatic nitrogens is 2. The lowest BCUT2D eigenvalue weighted by Gasteiger charge is -2.15. The first-order valence-electron chi connectivity index (χ1n) is 12.3. The van der Waals surface area contributed by atoms with Gasteiger partial charge in [-0.1, -0.05) is 72.3 Å². The van der Waals surface area contributed by atoms with E-state index in [-0.39, 0.29) is 16.9 Å². The molecule has 3 N–H and O–H groups in total. The zero-order valence-electron chi connectivity index (χ0n) is 21.7. The van der Waals surface area contributed by atoms with Crippen molar-refractivity contribution in [3.05, 3.63) is 106 Å². The van der Waals surface area contributed by atoms with Gasteiger partial charge in [0.2, 0.25) is 11.0 Å². The monoisotopic (exact) mass is 591 g/mol. The summed E-state index contributed by atoms with van der Waals surface area (Å²) in [7, 11) is 0. The molecule has 11 heteroatoms. The number of carbonyl (C=O) groups excluding carboxylic acids is 3. The predicted molar refractivity (Wildman–Crippen MR) is 162 cm³/mol. The van der Waals surface area contributed by atoms with Gasteiger partial charge in [0.15, 0.2) is 0 Å². The SMILES string of the molecule is CCC(Sc1cccc(NC(=O)/C(=C\c2ccccc2Cl)NC(=O)c2ccccc2)c1)C(=O)Nc1nnc(C)s1. The van der Waals surface area contributed by atoms with Crippen LogP contribution in [-0.4, -0.2) is 33.2 Å². The number of anilines is 2. The van der Waals surface area contributed by atoms with Crippen LogP contribution in [0.2, 0.25) is 5.02 Å². The minimum Gasteiger partial charge on any atom is -0.321 e. The van der Waals surface area contributed by atoms with E-state index in [0.717, 1.165) is 9.90 Å². The summed E-state index contributed by atoms with van der Waals surface area (Å²) >= 11 is 9.00. The van der Waals surface area contributed by atoms with Crippen molar-refractivity contribution in [2.24, 2.45) is 0 Å². The minimum atomic E-state index is -0.525. The lowest BCUT2D eigenvalue weighted by molar-refractivity contribution is -0.116. The highest BCUT2D eigenvalue weighted by atomic mass is 35.5. The first-order valence-corrected chi connectivity index (χ1v) is 14.4. The van der Waals surface area contributed by atoms with Crippen molar-refractivity contribution < 1.29 is 14.4 Å². The Morgan fingerprint density at radius 1 is 0.975 bits per heavy atom. The number of hydrogen-bond acceptors (Lipinski definition) is 7. The molecular formula is C29H26ClN5O3S2. The van der Waals surface area contributed by atoms with Gasteiger partial charge in [0.1, 0.15) is 10.7 Å². The topological polar surface area (TPSA) is 113 Å². The van der Waals surface area contributed by atoms with Gasteiger partial charge in [0, 0.05) is 21.2 Å². The maximum atomic E-state index is 13.4. The highest BCUT2D eigenvalue weighted by molar-refractivity contribution is 8.00. The first kappa shape index (κ1) is 29.0. The van der Waals surface area contributed by atoms with E-state index in [2.05, 4.69) is 26.1 Å². The van der Waals surface area contributed by atoms with Gasteiger partial charge in [-0.25, -0.2) is 0 Å². The molecule has 0 fully saturated rings. The fraction of sp³-hybridized carbons (Fsp3) is 0.138. The van der Waals surface area contributed by atoms with E-state index in [1.165, 1.54) is 29.2 Å². The molecule has 0 bridgehead atoms. The van der Waals surface area contributed by atoms with Crippen molar-refractivity contribution in [3.8, 4) is 0 Å². The van der Waals surface area contributed by atoms with Gasteiger partial charge in [0.25, 0.3) is 11.8 Å². The van der Waals surface area contributed by atoms with E-state index >= 15 is 0 Å². The van der Waals surface area contributed by atoms with Crippen LogP contribution >= 0.6 is 34.7 Å². The fourth-order valence-corrected chi connectivity index (χ4v) is 5.35. The molecule has 40 heavy (non-hydrogen) atoms. The number of carbonyl (C=O) groups is 3. The molecule has 0 aliphatic rings. The van der Waals surface area contributed by atoms with Crippen molar-refractivity contribution in [2.45, 2.75) is 30.4 Å². The van der Waals surface area contributed by atoms with E-state index in [1.54, 1.807) is 72.8 Å². The van der Waals surface area contributed by atoms with Gasteiger partial charge in [-0.2, -0.15) is 0 Å². The number of nitrogens with one attached hydrogen (secondary N) is 3. The summed E-state index contributed by atoms with van der Waals surface area (Å²) in [5.41, 5.74) is 1.52. The Morgan fingerprint density at radius 2 is 1.73 bits per heavy atom.